The SMILES string of the molecule is CCCN1CCC(NC(=O)CCCNC(=O)c2cccs2)CC1. The third kappa shape index (κ3) is 6.31. The summed E-state index contributed by atoms with van der Waals surface area (Å²) in [4.78, 5) is 26.9. The number of hydrogen-bond donors (Lipinski definition) is 2. The van der Waals surface area contributed by atoms with Crippen molar-refractivity contribution in [1.82, 2.24) is 15.5 Å². The summed E-state index contributed by atoms with van der Waals surface area (Å²) in [7, 11) is 0. The molecule has 0 unspecified atom stereocenters. The molecule has 0 spiro atoms. The standard InChI is InChI=1S/C17H27N3O2S/c1-2-10-20-11-7-14(8-12-20)19-16(21)6-3-9-18-17(22)15-5-4-13-23-15/h4-5,13-14H,2-3,6-12H2,1H3,(H,18,22)(H,19,21). The average molecular weight is 337 g/mol. The van der Waals surface area contributed by atoms with Gasteiger partial charge in [0.15, 0.2) is 0 Å². The summed E-state index contributed by atoms with van der Waals surface area (Å²) in [5.41, 5.74) is 0. The van der Waals surface area contributed by atoms with Crippen molar-refractivity contribution in [3.05, 3.63) is 22.4 Å². The number of likely N-dealkylation sites (tertiary alicyclic amines) is 1. The number of carbonyl (C=O) groups is 2. The van der Waals surface area contributed by atoms with Gasteiger partial charge in [0.2, 0.25) is 5.91 Å². The number of nitrogens with zero attached hydrogens (tertiary/aromatic N) is 1. The highest BCUT2D eigenvalue weighted by molar-refractivity contribution is 7.12. The number of carbonyl (C=O) groups excluding carboxylic acids is 2. The summed E-state index contributed by atoms with van der Waals surface area (Å²) in [6.07, 6.45) is 4.42. The Morgan fingerprint density at radius 1 is 1.35 bits per heavy atom. The van der Waals surface area contributed by atoms with E-state index in [1.807, 2.05) is 11.4 Å². The summed E-state index contributed by atoms with van der Waals surface area (Å²) in [5.74, 6) is 0.0491. The Hall–Kier alpha value is -1.40. The third-order valence-electron chi connectivity index (χ3n) is 4.10. The summed E-state index contributed by atoms with van der Waals surface area (Å²) < 4.78 is 0. The molecule has 1 aliphatic rings. The second kappa shape index (κ2) is 9.67. The van der Waals surface area contributed by atoms with Crippen LogP contribution in [0.3, 0.4) is 0 Å². The quantitative estimate of drug-likeness (QED) is 0.715. The second-order valence-electron chi connectivity index (χ2n) is 6.02. The molecule has 1 aromatic heterocycles. The van der Waals surface area contributed by atoms with E-state index in [9.17, 15) is 9.59 Å². The fourth-order valence-corrected chi connectivity index (χ4v) is 3.50. The smallest absolute Gasteiger partial charge is 0.261 e. The van der Waals surface area contributed by atoms with E-state index < -0.39 is 0 Å². The molecule has 2 rings (SSSR count). The molecule has 0 aliphatic carbocycles. The minimum Gasteiger partial charge on any atom is -0.353 e. The van der Waals surface area contributed by atoms with Gasteiger partial charge < -0.3 is 15.5 Å². The van der Waals surface area contributed by atoms with Crippen LogP contribution in [0.4, 0.5) is 0 Å². The van der Waals surface area contributed by atoms with Gasteiger partial charge in [0.05, 0.1) is 4.88 Å². The first-order valence-electron chi connectivity index (χ1n) is 8.52. The Morgan fingerprint density at radius 3 is 2.78 bits per heavy atom. The number of amides is 2. The van der Waals surface area contributed by atoms with Gasteiger partial charge in [-0.1, -0.05) is 13.0 Å². The van der Waals surface area contributed by atoms with Gasteiger partial charge in [-0.2, -0.15) is 0 Å². The highest BCUT2D eigenvalue weighted by Crippen LogP contribution is 2.11. The number of rotatable bonds is 8. The van der Waals surface area contributed by atoms with Gasteiger partial charge >= 0.3 is 0 Å². The monoisotopic (exact) mass is 337 g/mol. The predicted octanol–water partition coefficient (Wildman–Crippen LogP) is 2.25. The largest absolute Gasteiger partial charge is 0.353 e. The molecule has 2 amide bonds. The molecule has 2 heterocycles. The zero-order chi connectivity index (χ0) is 16.5. The minimum absolute atomic E-state index is 0.0521. The molecular weight excluding hydrogens is 310 g/mol. The lowest BCUT2D eigenvalue weighted by Gasteiger charge is -2.32. The van der Waals surface area contributed by atoms with Crippen molar-refractivity contribution in [3.8, 4) is 0 Å². The van der Waals surface area contributed by atoms with Crippen LogP contribution in [0, 0.1) is 0 Å². The van der Waals surface area contributed by atoms with Crippen LogP contribution in [0.25, 0.3) is 0 Å². The molecular formula is C17H27N3O2S. The minimum atomic E-state index is -0.0521. The zero-order valence-electron chi connectivity index (χ0n) is 13.8. The molecule has 0 aromatic carbocycles. The van der Waals surface area contributed by atoms with E-state index in [2.05, 4.69) is 22.5 Å². The molecule has 0 radical (unpaired) electrons. The third-order valence-corrected chi connectivity index (χ3v) is 4.97. The molecule has 23 heavy (non-hydrogen) atoms. The highest BCUT2D eigenvalue weighted by atomic mass is 32.1. The van der Waals surface area contributed by atoms with Crippen molar-refractivity contribution in [2.45, 2.75) is 45.1 Å². The van der Waals surface area contributed by atoms with Crippen molar-refractivity contribution in [1.29, 1.82) is 0 Å². The molecule has 0 atom stereocenters. The Morgan fingerprint density at radius 2 is 2.13 bits per heavy atom. The molecule has 2 N–H and O–H groups in total. The van der Waals surface area contributed by atoms with E-state index in [4.69, 9.17) is 0 Å². The van der Waals surface area contributed by atoms with Crippen molar-refractivity contribution in [3.63, 3.8) is 0 Å². The Balaban J connectivity index is 1.54. The van der Waals surface area contributed by atoms with E-state index in [0.29, 0.717) is 30.3 Å². The summed E-state index contributed by atoms with van der Waals surface area (Å²) in [6.45, 7) is 6.06. The normalized spacial score (nSPS) is 16.2. The van der Waals surface area contributed by atoms with Crippen molar-refractivity contribution >= 4 is 23.2 Å². The van der Waals surface area contributed by atoms with Crippen molar-refractivity contribution in [2.75, 3.05) is 26.2 Å². The highest BCUT2D eigenvalue weighted by Gasteiger charge is 2.19. The lowest BCUT2D eigenvalue weighted by Crippen LogP contribution is -2.44. The molecule has 1 aromatic rings. The number of hydrogen-bond acceptors (Lipinski definition) is 4. The maximum absolute atomic E-state index is 12.0. The van der Waals surface area contributed by atoms with Gasteiger partial charge in [-0.05, 0) is 43.7 Å². The Labute approximate surface area is 142 Å². The lowest BCUT2D eigenvalue weighted by molar-refractivity contribution is -0.122. The van der Waals surface area contributed by atoms with Gasteiger partial charge in [-0.3, -0.25) is 9.59 Å². The maximum atomic E-state index is 12.0. The first-order valence-corrected chi connectivity index (χ1v) is 9.40. The Kier molecular flexibility index (Phi) is 7.55. The van der Waals surface area contributed by atoms with Crippen molar-refractivity contribution < 1.29 is 9.59 Å². The van der Waals surface area contributed by atoms with Crippen LogP contribution in [0.2, 0.25) is 0 Å². The molecule has 0 bridgehead atoms. The van der Waals surface area contributed by atoms with Crippen LogP contribution in [-0.4, -0.2) is 48.9 Å². The van der Waals surface area contributed by atoms with E-state index in [1.165, 1.54) is 17.8 Å². The van der Waals surface area contributed by atoms with Gasteiger partial charge in [0, 0.05) is 32.1 Å². The number of nitrogens with one attached hydrogen (secondary N) is 2. The zero-order valence-corrected chi connectivity index (χ0v) is 14.7. The molecule has 0 saturated carbocycles. The van der Waals surface area contributed by atoms with Crippen LogP contribution in [0.5, 0.6) is 0 Å². The van der Waals surface area contributed by atoms with Crippen LogP contribution >= 0.6 is 11.3 Å². The molecule has 128 valence electrons. The molecule has 1 fully saturated rings. The van der Waals surface area contributed by atoms with Crippen LogP contribution in [0.15, 0.2) is 17.5 Å². The molecule has 6 heteroatoms. The number of piperidine rings is 1. The van der Waals surface area contributed by atoms with E-state index in [0.717, 1.165) is 32.5 Å². The van der Waals surface area contributed by atoms with E-state index in [-0.39, 0.29) is 11.8 Å². The van der Waals surface area contributed by atoms with Crippen LogP contribution in [0.1, 0.15) is 48.7 Å². The van der Waals surface area contributed by atoms with Gasteiger partial charge in [0.25, 0.3) is 5.91 Å². The van der Waals surface area contributed by atoms with E-state index >= 15 is 0 Å². The number of thiophene rings is 1. The van der Waals surface area contributed by atoms with Gasteiger partial charge in [0.1, 0.15) is 0 Å². The van der Waals surface area contributed by atoms with Crippen molar-refractivity contribution in [2.24, 2.45) is 0 Å². The fraction of sp³-hybridized carbons (Fsp3) is 0.647. The summed E-state index contributed by atoms with van der Waals surface area (Å²) in [5, 5.41) is 7.85. The predicted molar refractivity (Wildman–Crippen MR) is 93.8 cm³/mol. The summed E-state index contributed by atoms with van der Waals surface area (Å²) >= 11 is 1.43. The maximum Gasteiger partial charge on any atom is 0.261 e. The fourth-order valence-electron chi connectivity index (χ4n) is 2.86. The average Bonchev–Trinajstić information content (AvgIpc) is 3.08. The Bertz CT molecular complexity index is 482. The van der Waals surface area contributed by atoms with Gasteiger partial charge in [-0.15, -0.1) is 11.3 Å². The lowest BCUT2D eigenvalue weighted by atomic mass is 10.0. The first kappa shape index (κ1) is 17.9. The second-order valence-corrected chi connectivity index (χ2v) is 6.97. The van der Waals surface area contributed by atoms with E-state index in [1.54, 1.807) is 6.07 Å². The molecule has 5 nitrogen and oxygen atoms in total. The summed E-state index contributed by atoms with van der Waals surface area (Å²) in [6, 6.07) is 3.98. The molecule has 1 saturated heterocycles. The first-order chi connectivity index (χ1) is 11.2. The topological polar surface area (TPSA) is 61.4 Å². The van der Waals surface area contributed by atoms with Crippen LogP contribution in [-0.2, 0) is 4.79 Å². The van der Waals surface area contributed by atoms with Gasteiger partial charge in [-0.25, -0.2) is 0 Å². The molecule has 1 aliphatic heterocycles. The van der Waals surface area contributed by atoms with Crippen LogP contribution < -0.4 is 10.6 Å².